The second-order valence-corrected chi connectivity index (χ2v) is 4.67. The summed E-state index contributed by atoms with van der Waals surface area (Å²) in [5.41, 5.74) is 0.773. The van der Waals surface area contributed by atoms with Crippen molar-refractivity contribution in [2.75, 3.05) is 13.1 Å². The first-order valence-corrected chi connectivity index (χ1v) is 5.87. The minimum Gasteiger partial charge on any atom is -0.393 e. The van der Waals surface area contributed by atoms with Crippen molar-refractivity contribution in [3.05, 3.63) is 34.6 Å². The molecule has 0 aliphatic carbocycles. The lowest BCUT2D eigenvalue weighted by Crippen LogP contribution is -2.40. The summed E-state index contributed by atoms with van der Waals surface area (Å²) in [4.78, 5) is 0. The third-order valence-corrected chi connectivity index (χ3v) is 3.43. The molecule has 1 aromatic carbocycles. The highest BCUT2D eigenvalue weighted by atomic mass is 35.5. The van der Waals surface area contributed by atoms with E-state index in [0.717, 1.165) is 25.1 Å². The fourth-order valence-electron chi connectivity index (χ4n) is 2.10. The molecule has 0 radical (unpaired) electrons. The molecule has 0 bridgehead atoms. The zero-order valence-electron chi connectivity index (χ0n) is 8.92. The summed E-state index contributed by atoms with van der Waals surface area (Å²) in [5.74, 6) is -0.161. The molecule has 0 amide bonds. The van der Waals surface area contributed by atoms with Crippen LogP contribution >= 0.6 is 11.6 Å². The Balaban J connectivity index is 2.10. The van der Waals surface area contributed by atoms with Crippen LogP contribution in [0.15, 0.2) is 18.2 Å². The second-order valence-electron chi connectivity index (χ2n) is 4.26. The molecular formula is C12H15ClFNO. The molecule has 0 saturated carbocycles. The van der Waals surface area contributed by atoms with Gasteiger partial charge in [-0.15, -0.1) is 0 Å². The average Bonchev–Trinajstić information content (AvgIpc) is 2.27. The van der Waals surface area contributed by atoms with E-state index in [2.05, 4.69) is 5.32 Å². The van der Waals surface area contributed by atoms with Crippen LogP contribution in [0.1, 0.15) is 12.0 Å². The maximum atomic E-state index is 13.1. The molecule has 1 heterocycles. The van der Waals surface area contributed by atoms with Crippen LogP contribution in [0.5, 0.6) is 0 Å². The van der Waals surface area contributed by atoms with Gasteiger partial charge < -0.3 is 10.4 Å². The smallest absolute Gasteiger partial charge is 0.123 e. The standard InChI is InChI=1S/C12H15ClFNO/c13-11-2-1-10(14)6-8(11)5-9-7-15-4-3-12(9)16/h1-2,6,9,12,15-16H,3-5,7H2. The van der Waals surface area contributed by atoms with E-state index >= 15 is 0 Å². The average molecular weight is 244 g/mol. The minimum absolute atomic E-state index is 0.119. The van der Waals surface area contributed by atoms with Crippen molar-refractivity contribution in [1.29, 1.82) is 0 Å². The normalized spacial score (nSPS) is 25.7. The van der Waals surface area contributed by atoms with Gasteiger partial charge in [-0.25, -0.2) is 4.39 Å². The van der Waals surface area contributed by atoms with Gasteiger partial charge in [-0.3, -0.25) is 0 Å². The first-order valence-electron chi connectivity index (χ1n) is 5.49. The largest absolute Gasteiger partial charge is 0.393 e. The topological polar surface area (TPSA) is 32.3 Å². The lowest BCUT2D eigenvalue weighted by molar-refractivity contribution is 0.0791. The summed E-state index contributed by atoms with van der Waals surface area (Å²) in [6.07, 6.45) is 1.04. The van der Waals surface area contributed by atoms with E-state index in [1.165, 1.54) is 12.1 Å². The van der Waals surface area contributed by atoms with Crippen LogP contribution in [-0.2, 0) is 6.42 Å². The van der Waals surface area contributed by atoms with Gasteiger partial charge in [0.1, 0.15) is 5.82 Å². The Morgan fingerprint density at radius 3 is 3.06 bits per heavy atom. The van der Waals surface area contributed by atoms with E-state index < -0.39 is 0 Å². The van der Waals surface area contributed by atoms with Crippen LogP contribution in [0.25, 0.3) is 0 Å². The fourth-order valence-corrected chi connectivity index (χ4v) is 2.29. The number of hydrogen-bond acceptors (Lipinski definition) is 2. The lowest BCUT2D eigenvalue weighted by atomic mass is 9.90. The van der Waals surface area contributed by atoms with Crippen molar-refractivity contribution in [2.45, 2.75) is 18.9 Å². The van der Waals surface area contributed by atoms with Crippen LogP contribution in [-0.4, -0.2) is 24.3 Å². The molecule has 1 fully saturated rings. The molecule has 1 aliphatic heterocycles. The molecule has 1 saturated heterocycles. The van der Waals surface area contributed by atoms with Crippen LogP contribution < -0.4 is 5.32 Å². The highest BCUT2D eigenvalue weighted by molar-refractivity contribution is 6.31. The number of piperidine rings is 1. The molecule has 1 aliphatic rings. The van der Waals surface area contributed by atoms with Crippen molar-refractivity contribution in [2.24, 2.45) is 5.92 Å². The quantitative estimate of drug-likeness (QED) is 0.833. The number of benzene rings is 1. The summed E-state index contributed by atoms with van der Waals surface area (Å²) in [6, 6.07) is 4.36. The first kappa shape index (κ1) is 11.8. The monoisotopic (exact) mass is 243 g/mol. The van der Waals surface area contributed by atoms with Crippen molar-refractivity contribution in [3.63, 3.8) is 0 Å². The number of rotatable bonds is 2. The van der Waals surface area contributed by atoms with Gasteiger partial charge in [0.2, 0.25) is 0 Å². The molecule has 2 atom stereocenters. The summed E-state index contributed by atoms with van der Waals surface area (Å²) >= 11 is 5.99. The number of aliphatic hydroxyl groups is 1. The summed E-state index contributed by atoms with van der Waals surface area (Å²) in [6.45, 7) is 1.60. The zero-order chi connectivity index (χ0) is 11.5. The molecule has 2 nitrogen and oxygen atoms in total. The molecule has 2 unspecified atom stereocenters. The van der Waals surface area contributed by atoms with E-state index in [4.69, 9.17) is 11.6 Å². The Kier molecular flexibility index (Phi) is 3.79. The van der Waals surface area contributed by atoms with Crippen LogP contribution in [0.2, 0.25) is 5.02 Å². The maximum absolute atomic E-state index is 13.1. The van der Waals surface area contributed by atoms with Crippen molar-refractivity contribution >= 4 is 11.6 Å². The number of hydrogen-bond donors (Lipinski definition) is 2. The predicted molar refractivity (Wildman–Crippen MR) is 62.1 cm³/mol. The zero-order valence-corrected chi connectivity index (χ0v) is 9.67. The summed E-state index contributed by atoms with van der Waals surface area (Å²) in [5, 5.41) is 13.6. The first-order chi connectivity index (χ1) is 7.66. The molecule has 1 aromatic rings. The fraction of sp³-hybridized carbons (Fsp3) is 0.500. The highest BCUT2D eigenvalue weighted by Crippen LogP contribution is 2.23. The molecule has 0 aromatic heterocycles. The van der Waals surface area contributed by atoms with Gasteiger partial charge in [0.05, 0.1) is 6.10 Å². The molecule has 0 spiro atoms. The Morgan fingerprint density at radius 2 is 2.31 bits per heavy atom. The van der Waals surface area contributed by atoms with E-state index in [9.17, 15) is 9.50 Å². The number of nitrogens with one attached hydrogen (secondary N) is 1. The van der Waals surface area contributed by atoms with Gasteiger partial charge >= 0.3 is 0 Å². The Bertz CT molecular complexity index is 372. The molecule has 4 heteroatoms. The summed E-state index contributed by atoms with van der Waals surface area (Å²) < 4.78 is 13.1. The Labute approximate surface area is 99.4 Å². The SMILES string of the molecule is OC1CCNCC1Cc1cc(F)ccc1Cl. The van der Waals surface area contributed by atoms with E-state index in [-0.39, 0.29) is 17.8 Å². The Hall–Kier alpha value is -0.640. The molecule has 88 valence electrons. The van der Waals surface area contributed by atoms with Gasteiger partial charge in [0.15, 0.2) is 0 Å². The molecule has 2 N–H and O–H groups in total. The second kappa shape index (κ2) is 5.13. The van der Waals surface area contributed by atoms with Gasteiger partial charge in [-0.05, 0) is 43.1 Å². The van der Waals surface area contributed by atoms with Crippen molar-refractivity contribution in [1.82, 2.24) is 5.32 Å². The number of halogens is 2. The van der Waals surface area contributed by atoms with Gasteiger partial charge in [-0.1, -0.05) is 11.6 Å². The predicted octanol–water partition coefficient (Wildman–Crippen LogP) is 1.99. The van der Waals surface area contributed by atoms with Crippen LogP contribution in [0.4, 0.5) is 4.39 Å². The number of aliphatic hydroxyl groups excluding tert-OH is 1. The van der Waals surface area contributed by atoms with Gasteiger partial charge in [0, 0.05) is 17.5 Å². The van der Waals surface area contributed by atoms with E-state index in [1.54, 1.807) is 6.07 Å². The molecule has 16 heavy (non-hydrogen) atoms. The van der Waals surface area contributed by atoms with Gasteiger partial charge in [-0.2, -0.15) is 0 Å². The maximum Gasteiger partial charge on any atom is 0.123 e. The third kappa shape index (κ3) is 2.73. The van der Waals surface area contributed by atoms with E-state index in [0.29, 0.717) is 11.4 Å². The van der Waals surface area contributed by atoms with E-state index in [1.807, 2.05) is 0 Å². The molecular weight excluding hydrogens is 229 g/mol. The van der Waals surface area contributed by atoms with Crippen LogP contribution in [0, 0.1) is 11.7 Å². The summed E-state index contributed by atoms with van der Waals surface area (Å²) in [7, 11) is 0. The van der Waals surface area contributed by atoms with Crippen molar-refractivity contribution in [3.8, 4) is 0 Å². The minimum atomic E-state index is -0.319. The Morgan fingerprint density at radius 1 is 1.50 bits per heavy atom. The third-order valence-electron chi connectivity index (χ3n) is 3.06. The molecule has 2 rings (SSSR count). The van der Waals surface area contributed by atoms with Crippen molar-refractivity contribution < 1.29 is 9.50 Å². The van der Waals surface area contributed by atoms with Crippen LogP contribution in [0.3, 0.4) is 0 Å². The van der Waals surface area contributed by atoms with Gasteiger partial charge in [0.25, 0.3) is 0 Å². The highest BCUT2D eigenvalue weighted by Gasteiger charge is 2.23. The lowest BCUT2D eigenvalue weighted by Gasteiger charge is -2.28.